The first-order valence-corrected chi connectivity index (χ1v) is 4.83. The van der Waals surface area contributed by atoms with Gasteiger partial charge in [0.05, 0.1) is 12.7 Å². The summed E-state index contributed by atoms with van der Waals surface area (Å²) >= 11 is 3.20. The van der Waals surface area contributed by atoms with Crippen molar-refractivity contribution >= 4 is 15.9 Å². The van der Waals surface area contributed by atoms with Crippen LogP contribution >= 0.6 is 15.9 Å². The van der Waals surface area contributed by atoms with E-state index in [0.717, 1.165) is 5.56 Å². The van der Waals surface area contributed by atoms with E-state index in [-0.39, 0.29) is 5.82 Å². The lowest BCUT2D eigenvalue weighted by atomic mass is 10.2. The van der Waals surface area contributed by atoms with Gasteiger partial charge in [-0.15, -0.1) is 5.10 Å². The van der Waals surface area contributed by atoms with Crippen LogP contribution in [0.2, 0.25) is 0 Å². The smallest absolute Gasteiger partial charge is 0.148 e. The van der Waals surface area contributed by atoms with Crippen LogP contribution in [0.5, 0.6) is 0 Å². The van der Waals surface area contributed by atoms with Gasteiger partial charge >= 0.3 is 0 Å². The summed E-state index contributed by atoms with van der Waals surface area (Å²) in [6, 6.07) is 6.28. The Bertz CT molecular complexity index is 424. The van der Waals surface area contributed by atoms with E-state index in [1.807, 2.05) is 0 Å². The highest BCUT2D eigenvalue weighted by molar-refractivity contribution is 9.10. The predicted molar refractivity (Wildman–Crippen MR) is 53.2 cm³/mol. The monoisotopic (exact) mass is 255 g/mol. The second-order valence-electron chi connectivity index (χ2n) is 2.82. The molecule has 0 spiro atoms. The zero-order chi connectivity index (χ0) is 9.97. The highest BCUT2D eigenvalue weighted by Crippen LogP contribution is 2.06. The maximum Gasteiger partial charge on any atom is 0.148 e. The standard InChI is InChI=1S/C9H7BrFN3/c10-9-5-12-14(13-9)6-7-1-3-8(11)4-2-7/h1-5H,6H2. The first kappa shape index (κ1) is 9.33. The number of aromatic nitrogens is 3. The minimum Gasteiger partial charge on any atom is -0.207 e. The van der Waals surface area contributed by atoms with Gasteiger partial charge in [-0.3, -0.25) is 0 Å². The lowest BCUT2D eigenvalue weighted by Gasteiger charge is -1.99. The molecule has 1 heterocycles. The Morgan fingerprint density at radius 3 is 2.57 bits per heavy atom. The zero-order valence-electron chi connectivity index (χ0n) is 7.19. The van der Waals surface area contributed by atoms with Crippen LogP contribution in [0.25, 0.3) is 0 Å². The van der Waals surface area contributed by atoms with Crippen LogP contribution in [-0.4, -0.2) is 15.0 Å². The van der Waals surface area contributed by atoms with Gasteiger partial charge < -0.3 is 0 Å². The van der Waals surface area contributed by atoms with Crippen LogP contribution in [-0.2, 0) is 6.54 Å². The average Bonchev–Trinajstić information content (AvgIpc) is 2.56. The third-order valence-electron chi connectivity index (χ3n) is 1.75. The number of hydrogen-bond donors (Lipinski definition) is 0. The summed E-state index contributed by atoms with van der Waals surface area (Å²) in [6.45, 7) is 0.548. The van der Waals surface area contributed by atoms with Gasteiger partial charge in [0, 0.05) is 0 Å². The Labute approximate surface area is 88.7 Å². The molecule has 0 radical (unpaired) electrons. The van der Waals surface area contributed by atoms with Gasteiger partial charge in [-0.2, -0.15) is 9.90 Å². The first-order valence-electron chi connectivity index (χ1n) is 4.04. The van der Waals surface area contributed by atoms with E-state index in [9.17, 15) is 4.39 Å². The molecule has 0 aliphatic heterocycles. The van der Waals surface area contributed by atoms with Crippen LogP contribution in [0, 0.1) is 5.82 Å². The van der Waals surface area contributed by atoms with E-state index in [1.165, 1.54) is 16.9 Å². The highest BCUT2D eigenvalue weighted by Gasteiger charge is 1.98. The molecule has 2 aromatic rings. The highest BCUT2D eigenvalue weighted by atomic mass is 79.9. The molecular weight excluding hydrogens is 249 g/mol. The first-order chi connectivity index (χ1) is 6.74. The van der Waals surface area contributed by atoms with Gasteiger partial charge in [0.2, 0.25) is 0 Å². The van der Waals surface area contributed by atoms with Gasteiger partial charge in [0.25, 0.3) is 0 Å². The van der Waals surface area contributed by atoms with Crippen LogP contribution in [0.3, 0.4) is 0 Å². The molecule has 0 aliphatic carbocycles. The van der Waals surface area contributed by atoms with Crippen molar-refractivity contribution in [2.45, 2.75) is 6.54 Å². The third-order valence-corrected chi connectivity index (χ3v) is 2.11. The fourth-order valence-corrected chi connectivity index (χ4v) is 1.38. The maximum atomic E-state index is 12.6. The Morgan fingerprint density at radius 1 is 1.29 bits per heavy atom. The Balaban J connectivity index is 2.15. The van der Waals surface area contributed by atoms with E-state index >= 15 is 0 Å². The zero-order valence-corrected chi connectivity index (χ0v) is 8.78. The van der Waals surface area contributed by atoms with Crippen molar-refractivity contribution in [3.8, 4) is 0 Å². The molecule has 0 unspecified atom stereocenters. The number of rotatable bonds is 2. The van der Waals surface area contributed by atoms with E-state index in [4.69, 9.17) is 0 Å². The van der Waals surface area contributed by atoms with E-state index in [1.54, 1.807) is 18.3 Å². The lowest BCUT2D eigenvalue weighted by Crippen LogP contribution is -2.03. The molecule has 0 amide bonds. The molecule has 0 atom stereocenters. The van der Waals surface area contributed by atoms with Crippen molar-refractivity contribution in [1.29, 1.82) is 0 Å². The van der Waals surface area contributed by atoms with Crippen LogP contribution in [0.15, 0.2) is 35.1 Å². The fraction of sp³-hybridized carbons (Fsp3) is 0.111. The molecule has 14 heavy (non-hydrogen) atoms. The summed E-state index contributed by atoms with van der Waals surface area (Å²) in [5, 5.41) is 8.06. The number of hydrogen-bond acceptors (Lipinski definition) is 2. The third kappa shape index (κ3) is 2.17. The van der Waals surface area contributed by atoms with E-state index < -0.39 is 0 Å². The lowest BCUT2D eigenvalue weighted by molar-refractivity contribution is 0.585. The molecule has 0 N–H and O–H groups in total. The van der Waals surface area contributed by atoms with Crippen molar-refractivity contribution in [2.24, 2.45) is 0 Å². The molecule has 0 bridgehead atoms. The second kappa shape index (κ2) is 3.88. The van der Waals surface area contributed by atoms with Crippen molar-refractivity contribution in [2.75, 3.05) is 0 Å². The number of halogens is 2. The van der Waals surface area contributed by atoms with Gasteiger partial charge in [-0.05, 0) is 33.6 Å². The summed E-state index contributed by atoms with van der Waals surface area (Å²) in [7, 11) is 0. The van der Waals surface area contributed by atoms with Gasteiger partial charge in [-0.1, -0.05) is 12.1 Å². The van der Waals surface area contributed by atoms with Crippen molar-refractivity contribution < 1.29 is 4.39 Å². The largest absolute Gasteiger partial charge is 0.207 e. The Hall–Kier alpha value is -1.23. The minimum atomic E-state index is -0.233. The minimum absolute atomic E-state index is 0.233. The number of nitrogens with zero attached hydrogens (tertiary/aromatic N) is 3. The average molecular weight is 256 g/mol. The predicted octanol–water partition coefficient (Wildman–Crippen LogP) is 2.23. The van der Waals surface area contributed by atoms with Crippen molar-refractivity contribution in [1.82, 2.24) is 15.0 Å². The Morgan fingerprint density at radius 2 is 2.00 bits per heavy atom. The Kier molecular flexibility index (Phi) is 2.58. The van der Waals surface area contributed by atoms with E-state index in [0.29, 0.717) is 11.1 Å². The molecule has 0 saturated carbocycles. The molecule has 0 aliphatic rings. The fourth-order valence-electron chi connectivity index (χ4n) is 1.11. The van der Waals surface area contributed by atoms with Crippen LogP contribution in [0.1, 0.15) is 5.56 Å². The molecule has 3 nitrogen and oxygen atoms in total. The van der Waals surface area contributed by atoms with Gasteiger partial charge in [0.1, 0.15) is 10.4 Å². The second-order valence-corrected chi connectivity index (χ2v) is 3.64. The van der Waals surface area contributed by atoms with Crippen molar-refractivity contribution in [3.05, 3.63) is 46.4 Å². The number of benzene rings is 1. The topological polar surface area (TPSA) is 30.7 Å². The quantitative estimate of drug-likeness (QED) is 0.824. The van der Waals surface area contributed by atoms with Crippen LogP contribution in [0.4, 0.5) is 4.39 Å². The molecule has 0 fully saturated rings. The summed E-state index contributed by atoms with van der Waals surface area (Å²) in [6.07, 6.45) is 1.61. The molecule has 1 aromatic carbocycles. The molecule has 2 rings (SSSR count). The molecule has 72 valence electrons. The SMILES string of the molecule is Fc1ccc(Cn2ncc(Br)n2)cc1. The van der Waals surface area contributed by atoms with Gasteiger partial charge in [-0.25, -0.2) is 4.39 Å². The summed E-state index contributed by atoms with van der Waals surface area (Å²) < 4.78 is 13.3. The molecular formula is C9H7BrFN3. The van der Waals surface area contributed by atoms with Crippen molar-refractivity contribution in [3.63, 3.8) is 0 Å². The normalized spacial score (nSPS) is 10.4. The van der Waals surface area contributed by atoms with E-state index in [2.05, 4.69) is 26.1 Å². The molecule has 0 saturated heterocycles. The van der Waals surface area contributed by atoms with Gasteiger partial charge in [0.15, 0.2) is 0 Å². The van der Waals surface area contributed by atoms with Crippen LogP contribution < -0.4 is 0 Å². The molecule has 1 aromatic heterocycles. The molecule has 5 heteroatoms. The summed E-state index contributed by atoms with van der Waals surface area (Å²) in [4.78, 5) is 1.54. The summed E-state index contributed by atoms with van der Waals surface area (Å²) in [5.74, 6) is -0.233. The summed E-state index contributed by atoms with van der Waals surface area (Å²) in [5.41, 5.74) is 0.967. The maximum absolute atomic E-state index is 12.6.